The highest BCUT2D eigenvalue weighted by Gasteiger charge is 2.11. The number of hydrogen-bond acceptors (Lipinski definition) is 5. The molecule has 0 aliphatic carbocycles. The Morgan fingerprint density at radius 2 is 1.90 bits per heavy atom. The first-order valence-corrected chi connectivity index (χ1v) is 6.60. The molecule has 0 spiro atoms. The van der Waals surface area contributed by atoms with Gasteiger partial charge in [0.1, 0.15) is 18.5 Å². The van der Waals surface area contributed by atoms with Crippen LogP contribution in [0, 0.1) is 0 Å². The smallest absolute Gasteiger partial charge is 0.309 e. The molecular weight excluding hydrogens is 284 g/mol. The van der Waals surface area contributed by atoms with Crippen LogP contribution < -0.4 is 4.74 Å². The summed E-state index contributed by atoms with van der Waals surface area (Å²) in [5, 5.41) is 0. The molecule has 0 saturated carbocycles. The van der Waals surface area contributed by atoms with Gasteiger partial charge in [0.25, 0.3) is 0 Å². The van der Waals surface area contributed by atoms with E-state index in [2.05, 4.69) is 4.74 Å². The number of benzene rings is 1. The van der Waals surface area contributed by atoms with Gasteiger partial charge < -0.3 is 14.2 Å². The van der Waals surface area contributed by atoms with Gasteiger partial charge in [0.2, 0.25) is 0 Å². The van der Waals surface area contributed by atoms with Crippen molar-refractivity contribution >= 4 is 23.5 Å². The Hall–Kier alpha value is -1.75. The van der Waals surface area contributed by atoms with Gasteiger partial charge in [0.05, 0.1) is 19.4 Å². The topological polar surface area (TPSA) is 61.8 Å². The molecule has 0 aliphatic heterocycles. The van der Waals surface area contributed by atoms with E-state index in [-0.39, 0.29) is 24.9 Å². The average molecular weight is 301 g/mol. The Kier molecular flexibility index (Phi) is 6.87. The van der Waals surface area contributed by atoms with Crippen LogP contribution in [-0.2, 0) is 25.5 Å². The zero-order valence-electron chi connectivity index (χ0n) is 11.4. The van der Waals surface area contributed by atoms with Crippen LogP contribution in [0.15, 0.2) is 24.3 Å². The molecule has 0 aliphatic rings. The lowest BCUT2D eigenvalue weighted by atomic mass is 10.1. The number of hydrogen-bond donors (Lipinski definition) is 0. The lowest BCUT2D eigenvalue weighted by Crippen LogP contribution is -2.25. The predicted octanol–water partition coefficient (Wildman–Crippen LogP) is 1.95. The van der Waals surface area contributed by atoms with Crippen LogP contribution in [0.1, 0.15) is 12.5 Å². The molecule has 1 aromatic carbocycles. The van der Waals surface area contributed by atoms with E-state index < -0.39 is 12.1 Å². The van der Waals surface area contributed by atoms with Crippen LogP contribution >= 0.6 is 11.6 Å². The molecule has 0 bridgehead atoms. The summed E-state index contributed by atoms with van der Waals surface area (Å²) in [6.07, 6.45) is -0.266. The summed E-state index contributed by atoms with van der Waals surface area (Å²) in [4.78, 5) is 21.9. The van der Waals surface area contributed by atoms with Crippen LogP contribution in [0.5, 0.6) is 5.75 Å². The van der Waals surface area contributed by atoms with Crippen LogP contribution in [0.2, 0.25) is 0 Å². The first-order valence-electron chi connectivity index (χ1n) is 6.07. The number of methoxy groups -OCH3 is 1. The van der Waals surface area contributed by atoms with Crippen molar-refractivity contribution in [2.75, 3.05) is 19.6 Å². The van der Waals surface area contributed by atoms with E-state index in [9.17, 15) is 9.59 Å². The van der Waals surface area contributed by atoms with Crippen LogP contribution in [0.4, 0.5) is 0 Å². The Bertz CT molecular complexity index is 443. The molecule has 1 aromatic rings. The van der Waals surface area contributed by atoms with Gasteiger partial charge >= 0.3 is 11.9 Å². The fourth-order valence-electron chi connectivity index (χ4n) is 1.48. The van der Waals surface area contributed by atoms with Gasteiger partial charge in [0, 0.05) is 6.92 Å². The highest BCUT2D eigenvalue weighted by Crippen LogP contribution is 2.14. The van der Waals surface area contributed by atoms with Gasteiger partial charge in [-0.2, -0.15) is 0 Å². The van der Waals surface area contributed by atoms with Crippen LogP contribution in [0.25, 0.3) is 0 Å². The second kappa shape index (κ2) is 8.43. The van der Waals surface area contributed by atoms with E-state index >= 15 is 0 Å². The van der Waals surface area contributed by atoms with E-state index in [1.807, 2.05) is 0 Å². The second-order valence-electron chi connectivity index (χ2n) is 4.09. The summed E-state index contributed by atoms with van der Waals surface area (Å²) >= 11 is 5.67. The number of alkyl halides is 1. The number of esters is 2. The summed E-state index contributed by atoms with van der Waals surface area (Å²) in [5.74, 6) is 0.0873. The molecule has 20 heavy (non-hydrogen) atoms. The van der Waals surface area contributed by atoms with Gasteiger partial charge in [0.15, 0.2) is 0 Å². The molecule has 5 nitrogen and oxygen atoms in total. The minimum Gasteiger partial charge on any atom is -0.490 e. The first kappa shape index (κ1) is 16.3. The Morgan fingerprint density at radius 1 is 1.25 bits per heavy atom. The Balaban J connectivity index is 2.48. The molecule has 1 rings (SSSR count). The van der Waals surface area contributed by atoms with Gasteiger partial charge in [-0.15, -0.1) is 11.6 Å². The lowest BCUT2D eigenvalue weighted by molar-refractivity contribution is -0.146. The normalized spacial score (nSPS) is 11.6. The van der Waals surface area contributed by atoms with Crippen molar-refractivity contribution in [2.45, 2.75) is 19.4 Å². The van der Waals surface area contributed by atoms with Crippen molar-refractivity contribution < 1.29 is 23.8 Å². The van der Waals surface area contributed by atoms with Crippen LogP contribution in [-0.4, -0.2) is 37.6 Å². The van der Waals surface area contributed by atoms with Crippen molar-refractivity contribution in [1.29, 1.82) is 0 Å². The molecule has 0 N–H and O–H groups in total. The molecule has 0 amide bonds. The summed E-state index contributed by atoms with van der Waals surface area (Å²) in [7, 11) is 1.35. The molecule has 0 fully saturated rings. The highest BCUT2D eigenvalue weighted by molar-refractivity contribution is 6.18. The molecule has 0 aromatic heterocycles. The molecule has 0 heterocycles. The largest absolute Gasteiger partial charge is 0.490 e. The third-order valence-corrected chi connectivity index (χ3v) is 2.78. The number of halogens is 1. The van der Waals surface area contributed by atoms with Crippen molar-refractivity contribution in [3.63, 3.8) is 0 Å². The van der Waals surface area contributed by atoms with Gasteiger partial charge in [-0.05, 0) is 17.7 Å². The standard InChI is InChI=1S/C14H17ClO5/c1-10(16)20-13(8-15)9-19-12-5-3-11(4-6-12)7-14(17)18-2/h3-6,13H,7-9H2,1-2H3/t13-/m0/s1. The number of carbonyl (C=O) groups is 2. The Labute approximate surface area is 122 Å². The van der Waals surface area contributed by atoms with E-state index in [4.69, 9.17) is 21.1 Å². The lowest BCUT2D eigenvalue weighted by Gasteiger charge is -2.15. The van der Waals surface area contributed by atoms with Gasteiger partial charge in [-0.25, -0.2) is 0 Å². The van der Waals surface area contributed by atoms with Crippen molar-refractivity contribution in [1.82, 2.24) is 0 Å². The maximum absolute atomic E-state index is 11.1. The summed E-state index contributed by atoms with van der Waals surface area (Å²) < 4.78 is 15.0. The van der Waals surface area contributed by atoms with Gasteiger partial charge in [-0.1, -0.05) is 12.1 Å². The quantitative estimate of drug-likeness (QED) is 0.569. The molecule has 6 heteroatoms. The monoisotopic (exact) mass is 300 g/mol. The third-order valence-electron chi connectivity index (χ3n) is 2.44. The van der Waals surface area contributed by atoms with Crippen molar-refractivity contribution in [3.8, 4) is 5.75 Å². The summed E-state index contributed by atoms with van der Waals surface area (Å²) in [5.41, 5.74) is 0.832. The molecule has 0 radical (unpaired) electrons. The zero-order chi connectivity index (χ0) is 15.0. The predicted molar refractivity (Wildman–Crippen MR) is 73.9 cm³/mol. The number of ether oxygens (including phenoxy) is 3. The molecule has 0 saturated heterocycles. The third kappa shape index (κ3) is 5.93. The van der Waals surface area contributed by atoms with E-state index in [1.165, 1.54) is 14.0 Å². The summed E-state index contributed by atoms with van der Waals surface area (Å²) in [6, 6.07) is 7.01. The fourth-order valence-corrected chi connectivity index (χ4v) is 1.63. The number of carbonyl (C=O) groups excluding carboxylic acids is 2. The maximum Gasteiger partial charge on any atom is 0.309 e. The van der Waals surface area contributed by atoms with Crippen LogP contribution in [0.3, 0.4) is 0 Å². The SMILES string of the molecule is COC(=O)Cc1ccc(OC[C@H](CCl)OC(C)=O)cc1. The minimum atomic E-state index is -0.482. The second-order valence-corrected chi connectivity index (χ2v) is 4.40. The van der Waals surface area contributed by atoms with Gasteiger partial charge in [-0.3, -0.25) is 9.59 Å². The molecule has 110 valence electrons. The van der Waals surface area contributed by atoms with E-state index in [1.54, 1.807) is 24.3 Å². The summed E-state index contributed by atoms with van der Waals surface area (Å²) in [6.45, 7) is 1.50. The first-order chi connectivity index (χ1) is 9.55. The van der Waals surface area contributed by atoms with E-state index in [0.717, 1.165) is 5.56 Å². The zero-order valence-corrected chi connectivity index (χ0v) is 12.2. The maximum atomic E-state index is 11.1. The fraction of sp³-hybridized carbons (Fsp3) is 0.429. The minimum absolute atomic E-state index is 0.167. The van der Waals surface area contributed by atoms with Crippen molar-refractivity contribution in [2.24, 2.45) is 0 Å². The van der Waals surface area contributed by atoms with Crippen molar-refractivity contribution in [3.05, 3.63) is 29.8 Å². The molecular formula is C14H17ClO5. The van der Waals surface area contributed by atoms with E-state index in [0.29, 0.717) is 5.75 Å². The average Bonchev–Trinajstić information content (AvgIpc) is 2.44. The molecule has 0 unspecified atom stereocenters. The highest BCUT2D eigenvalue weighted by atomic mass is 35.5. The number of rotatable bonds is 7. The Morgan fingerprint density at radius 3 is 2.40 bits per heavy atom. The molecule has 1 atom stereocenters.